The van der Waals surface area contributed by atoms with Crippen molar-refractivity contribution < 1.29 is 14.3 Å². The highest BCUT2D eigenvalue weighted by molar-refractivity contribution is 5.85. The van der Waals surface area contributed by atoms with E-state index in [4.69, 9.17) is 4.74 Å². The predicted octanol–water partition coefficient (Wildman–Crippen LogP) is -1.37. The van der Waals surface area contributed by atoms with Gasteiger partial charge in [-0.15, -0.1) is 12.4 Å². The molecule has 21 heavy (non-hydrogen) atoms. The molecule has 2 heterocycles. The number of nitrogens with one attached hydrogen (secondary N) is 1. The van der Waals surface area contributed by atoms with Crippen LogP contribution in [-0.4, -0.2) is 99.1 Å². The van der Waals surface area contributed by atoms with Crippen LogP contribution in [0.1, 0.15) is 0 Å². The molecule has 122 valence electrons. The first kappa shape index (κ1) is 18.2. The molecule has 0 radical (unpaired) electrons. The maximum Gasteiger partial charge on any atom is 0.236 e. The quantitative estimate of drug-likeness (QED) is 0.692. The van der Waals surface area contributed by atoms with Crippen molar-refractivity contribution in [2.75, 3.05) is 72.6 Å². The molecule has 7 nitrogen and oxygen atoms in total. The number of nitrogens with zero attached hydrogens (tertiary/aromatic N) is 3. The molecule has 0 unspecified atom stereocenters. The van der Waals surface area contributed by atoms with Gasteiger partial charge >= 0.3 is 0 Å². The summed E-state index contributed by atoms with van der Waals surface area (Å²) in [7, 11) is 1.82. The topological polar surface area (TPSA) is 65.1 Å². The van der Waals surface area contributed by atoms with Crippen molar-refractivity contribution in [3.63, 3.8) is 0 Å². The van der Waals surface area contributed by atoms with E-state index >= 15 is 0 Å². The van der Waals surface area contributed by atoms with Crippen LogP contribution in [0.5, 0.6) is 0 Å². The summed E-state index contributed by atoms with van der Waals surface area (Å²) in [5.74, 6) is 0.174. The molecule has 2 rings (SSSR count). The lowest BCUT2D eigenvalue weighted by Gasteiger charge is -2.31. The van der Waals surface area contributed by atoms with Gasteiger partial charge < -0.3 is 19.9 Å². The molecule has 8 heteroatoms. The molecule has 0 aliphatic carbocycles. The number of carbonyl (C=O) groups is 2. The molecule has 2 aliphatic rings. The van der Waals surface area contributed by atoms with Gasteiger partial charge in [-0.05, 0) is 7.05 Å². The molecule has 0 aromatic rings. The van der Waals surface area contributed by atoms with Crippen LogP contribution in [0.3, 0.4) is 0 Å². The Kier molecular flexibility index (Phi) is 7.95. The van der Waals surface area contributed by atoms with E-state index in [-0.39, 0.29) is 30.8 Å². The Morgan fingerprint density at radius 3 is 2.00 bits per heavy atom. The highest BCUT2D eigenvalue weighted by atomic mass is 35.5. The number of rotatable bonds is 4. The monoisotopic (exact) mass is 320 g/mol. The van der Waals surface area contributed by atoms with Crippen LogP contribution >= 0.6 is 12.4 Å². The van der Waals surface area contributed by atoms with Crippen LogP contribution in [0.25, 0.3) is 0 Å². The third-order valence-corrected chi connectivity index (χ3v) is 3.64. The third kappa shape index (κ3) is 5.78. The second-order valence-electron chi connectivity index (χ2n) is 5.30. The Bertz CT molecular complexity index is 312. The van der Waals surface area contributed by atoms with Gasteiger partial charge in [0.15, 0.2) is 0 Å². The van der Waals surface area contributed by atoms with Gasteiger partial charge in [0.1, 0.15) is 0 Å². The van der Waals surface area contributed by atoms with E-state index in [2.05, 4.69) is 5.32 Å². The number of carbonyl (C=O) groups excluding carboxylic acids is 2. The number of amides is 2. The van der Waals surface area contributed by atoms with Gasteiger partial charge in [-0.25, -0.2) is 0 Å². The Morgan fingerprint density at radius 2 is 1.48 bits per heavy atom. The second kappa shape index (κ2) is 9.19. The van der Waals surface area contributed by atoms with E-state index in [0.717, 1.165) is 26.2 Å². The van der Waals surface area contributed by atoms with E-state index in [1.807, 2.05) is 11.9 Å². The summed E-state index contributed by atoms with van der Waals surface area (Å²) in [6.45, 7) is 6.31. The van der Waals surface area contributed by atoms with Crippen molar-refractivity contribution in [1.29, 1.82) is 0 Å². The molecular weight excluding hydrogens is 296 g/mol. The molecule has 2 amide bonds. The first-order valence-electron chi connectivity index (χ1n) is 7.19. The largest absolute Gasteiger partial charge is 0.378 e. The molecule has 0 aromatic carbocycles. The summed E-state index contributed by atoms with van der Waals surface area (Å²) in [4.78, 5) is 29.6. The first-order chi connectivity index (χ1) is 9.66. The van der Waals surface area contributed by atoms with Crippen LogP contribution in [0, 0.1) is 0 Å². The van der Waals surface area contributed by atoms with Crippen molar-refractivity contribution in [2.45, 2.75) is 0 Å². The molecule has 0 saturated carbocycles. The highest BCUT2D eigenvalue weighted by Gasteiger charge is 2.21. The fraction of sp³-hybridized carbons (Fsp3) is 0.846. The smallest absolute Gasteiger partial charge is 0.236 e. The molecule has 2 aliphatic heterocycles. The number of piperazine rings is 1. The maximum atomic E-state index is 12.1. The molecule has 0 spiro atoms. The molecule has 0 bridgehead atoms. The number of hydrogen-bond donors (Lipinski definition) is 1. The third-order valence-electron chi connectivity index (χ3n) is 3.64. The fourth-order valence-corrected chi connectivity index (χ4v) is 2.44. The van der Waals surface area contributed by atoms with Gasteiger partial charge in [0.2, 0.25) is 11.8 Å². The van der Waals surface area contributed by atoms with Crippen molar-refractivity contribution >= 4 is 24.2 Å². The van der Waals surface area contributed by atoms with E-state index in [1.165, 1.54) is 0 Å². The van der Waals surface area contributed by atoms with Crippen molar-refractivity contribution in [3.05, 3.63) is 0 Å². The lowest BCUT2D eigenvalue weighted by atomic mass is 10.3. The zero-order chi connectivity index (χ0) is 14.4. The molecule has 0 atom stereocenters. The zero-order valence-electron chi connectivity index (χ0n) is 12.5. The van der Waals surface area contributed by atoms with Crippen molar-refractivity contribution in [1.82, 2.24) is 20.0 Å². The van der Waals surface area contributed by atoms with Crippen LogP contribution in [0.15, 0.2) is 0 Å². The highest BCUT2D eigenvalue weighted by Crippen LogP contribution is 2.00. The summed E-state index contributed by atoms with van der Waals surface area (Å²) in [5.41, 5.74) is 0. The van der Waals surface area contributed by atoms with Gasteiger partial charge in [0.25, 0.3) is 0 Å². The van der Waals surface area contributed by atoms with Gasteiger partial charge in [-0.1, -0.05) is 0 Å². The minimum absolute atomic E-state index is 0. The van der Waals surface area contributed by atoms with Gasteiger partial charge in [0, 0.05) is 39.3 Å². The van der Waals surface area contributed by atoms with Gasteiger partial charge in [0.05, 0.1) is 26.3 Å². The lowest BCUT2D eigenvalue weighted by Crippen LogP contribution is -2.50. The van der Waals surface area contributed by atoms with Crippen molar-refractivity contribution in [3.8, 4) is 0 Å². The normalized spacial score (nSPS) is 19.3. The summed E-state index contributed by atoms with van der Waals surface area (Å²) < 4.78 is 5.22. The Morgan fingerprint density at radius 1 is 1.00 bits per heavy atom. The summed E-state index contributed by atoms with van der Waals surface area (Å²) in [6.07, 6.45) is 0. The standard InChI is InChI=1S/C13H24N4O3.ClH/c1-15(10-12(18)16-4-2-14-3-5-16)11-13(19)17-6-8-20-9-7-17;/h14H,2-11H2,1H3;1H. The van der Waals surface area contributed by atoms with Crippen LogP contribution in [-0.2, 0) is 14.3 Å². The van der Waals surface area contributed by atoms with Crippen LogP contribution < -0.4 is 5.32 Å². The van der Waals surface area contributed by atoms with E-state index in [0.29, 0.717) is 32.8 Å². The number of halogens is 1. The Labute approximate surface area is 132 Å². The average Bonchev–Trinajstić information content (AvgIpc) is 2.49. The van der Waals surface area contributed by atoms with Crippen molar-refractivity contribution in [2.24, 2.45) is 0 Å². The Hall–Kier alpha value is -0.890. The fourth-order valence-electron chi connectivity index (χ4n) is 2.44. The summed E-state index contributed by atoms with van der Waals surface area (Å²) in [6, 6.07) is 0. The molecule has 0 aromatic heterocycles. The molecule has 1 N–H and O–H groups in total. The summed E-state index contributed by atoms with van der Waals surface area (Å²) >= 11 is 0. The number of morpholine rings is 1. The summed E-state index contributed by atoms with van der Waals surface area (Å²) in [5, 5.41) is 3.22. The van der Waals surface area contributed by atoms with E-state index < -0.39 is 0 Å². The SMILES string of the molecule is CN(CC(=O)N1CCNCC1)CC(=O)N1CCOCC1.Cl. The van der Waals surface area contributed by atoms with Gasteiger partial charge in [-0.2, -0.15) is 0 Å². The first-order valence-corrected chi connectivity index (χ1v) is 7.19. The molecule has 2 saturated heterocycles. The van der Waals surface area contributed by atoms with E-state index in [9.17, 15) is 9.59 Å². The number of likely N-dealkylation sites (N-methyl/N-ethyl adjacent to an activating group) is 1. The maximum absolute atomic E-state index is 12.1. The number of ether oxygens (including phenoxy) is 1. The number of hydrogen-bond acceptors (Lipinski definition) is 5. The Balaban J connectivity index is 0.00000220. The predicted molar refractivity (Wildman–Crippen MR) is 81.6 cm³/mol. The van der Waals surface area contributed by atoms with Crippen LogP contribution in [0.4, 0.5) is 0 Å². The molecular formula is C13H25ClN4O3. The minimum atomic E-state index is 0. The zero-order valence-corrected chi connectivity index (χ0v) is 13.4. The van der Waals surface area contributed by atoms with Gasteiger partial charge in [-0.3, -0.25) is 14.5 Å². The second-order valence-corrected chi connectivity index (χ2v) is 5.30. The van der Waals surface area contributed by atoms with E-state index in [1.54, 1.807) is 9.80 Å². The molecule has 2 fully saturated rings. The van der Waals surface area contributed by atoms with Crippen LogP contribution in [0.2, 0.25) is 0 Å². The minimum Gasteiger partial charge on any atom is -0.378 e. The lowest BCUT2D eigenvalue weighted by molar-refractivity contribution is -0.138. The average molecular weight is 321 g/mol.